The van der Waals surface area contributed by atoms with Crippen molar-refractivity contribution in [2.75, 3.05) is 0 Å². The van der Waals surface area contributed by atoms with Crippen molar-refractivity contribution in [3.63, 3.8) is 0 Å². The summed E-state index contributed by atoms with van der Waals surface area (Å²) in [6.45, 7) is 0. The van der Waals surface area contributed by atoms with Gasteiger partial charge < -0.3 is 10.5 Å². The van der Waals surface area contributed by atoms with E-state index >= 15 is 0 Å². The number of hydrogen-bond donors (Lipinski definition) is 1. The summed E-state index contributed by atoms with van der Waals surface area (Å²) >= 11 is 7.96. The molecule has 0 saturated heterocycles. The Hall–Kier alpha value is -1.60. The van der Waals surface area contributed by atoms with E-state index in [2.05, 4.69) is 28.1 Å². The van der Waals surface area contributed by atoms with E-state index in [1.165, 1.54) is 12.1 Å². The topological polar surface area (TPSA) is 35.2 Å². The second-order valence-electron chi connectivity index (χ2n) is 4.13. The average Bonchev–Trinajstić information content (AvgIpc) is 2.37. The van der Waals surface area contributed by atoms with Gasteiger partial charge in [-0.1, -0.05) is 34.2 Å². The van der Waals surface area contributed by atoms with Gasteiger partial charge in [0.15, 0.2) is 0 Å². The van der Waals surface area contributed by atoms with Gasteiger partial charge in [0.05, 0.1) is 5.56 Å². The molecule has 0 heterocycles. The molecule has 0 unspecified atom stereocenters. The van der Waals surface area contributed by atoms with E-state index < -0.39 is 11.7 Å². The summed E-state index contributed by atoms with van der Waals surface area (Å²) in [6.07, 6.45) is -4.52. The summed E-state index contributed by atoms with van der Waals surface area (Å²) in [5, 5.41) is 0. The molecule has 0 aliphatic carbocycles. The molecule has 0 fully saturated rings. The Labute approximate surface area is 132 Å². The maximum absolute atomic E-state index is 12.9. The van der Waals surface area contributed by atoms with Gasteiger partial charge in [0.1, 0.15) is 16.5 Å². The second-order valence-corrected chi connectivity index (χ2v) is 5.48. The molecule has 2 N–H and O–H groups in total. The van der Waals surface area contributed by atoms with Gasteiger partial charge >= 0.3 is 6.18 Å². The highest BCUT2D eigenvalue weighted by molar-refractivity contribution is 9.10. The van der Waals surface area contributed by atoms with E-state index in [1.807, 2.05) is 0 Å². The van der Waals surface area contributed by atoms with E-state index in [4.69, 9.17) is 10.5 Å². The zero-order valence-corrected chi connectivity index (χ0v) is 12.8. The maximum atomic E-state index is 12.9. The van der Waals surface area contributed by atoms with Crippen LogP contribution in [0.1, 0.15) is 11.1 Å². The Bertz CT molecular complexity index is 688. The molecular weight excluding hydrogens is 367 g/mol. The number of alkyl halides is 3. The molecule has 0 bridgehead atoms. The van der Waals surface area contributed by atoms with Crippen LogP contribution < -0.4 is 10.5 Å². The lowest BCUT2D eigenvalue weighted by molar-refractivity contribution is -0.137. The molecular formula is C14H9BrF3NOS. The number of halogens is 4. The number of ether oxygens (including phenoxy) is 1. The molecule has 2 nitrogen and oxygen atoms in total. The highest BCUT2D eigenvalue weighted by atomic mass is 79.9. The normalized spacial score (nSPS) is 11.2. The first kappa shape index (κ1) is 15.8. The minimum absolute atomic E-state index is 0.226. The fourth-order valence-electron chi connectivity index (χ4n) is 1.70. The van der Waals surface area contributed by atoms with Gasteiger partial charge in [0, 0.05) is 10.0 Å². The Morgan fingerprint density at radius 1 is 1.10 bits per heavy atom. The molecule has 0 aliphatic rings. The molecule has 0 aliphatic heterocycles. The first-order valence-electron chi connectivity index (χ1n) is 5.72. The van der Waals surface area contributed by atoms with Crippen molar-refractivity contribution in [1.29, 1.82) is 0 Å². The molecule has 2 rings (SSSR count). The first-order chi connectivity index (χ1) is 9.77. The lowest BCUT2D eigenvalue weighted by Gasteiger charge is -2.14. The van der Waals surface area contributed by atoms with Crippen molar-refractivity contribution in [2.24, 2.45) is 5.73 Å². The minimum Gasteiger partial charge on any atom is -0.457 e. The van der Waals surface area contributed by atoms with E-state index in [0.717, 1.165) is 10.5 Å². The highest BCUT2D eigenvalue weighted by Crippen LogP contribution is 2.35. The summed E-state index contributed by atoms with van der Waals surface area (Å²) in [4.78, 5) is -0.331. The van der Waals surface area contributed by atoms with Gasteiger partial charge in [-0.3, -0.25) is 0 Å². The van der Waals surface area contributed by atoms with Crippen molar-refractivity contribution in [3.05, 3.63) is 58.1 Å². The van der Waals surface area contributed by atoms with Gasteiger partial charge in [0.2, 0.25) is 0 Å². The van der Waals surface area contributed by atoms with Crippen molar-refractivity contribution in [1.82, 2.24) is 0 Å². The maximum Gasteiger partial charge on any atom is 0.417 e. The van der Waals surface area contributed by atoms with Gasteiger partial charge in [-0.2, -0.15) is 13.2 Å². The average molecular weight is 376 g/mol. The molecule has 0 aromatic heterocycles. The quantitative estimate of drug-likeness (QED) is 0.775. The largest absolute Gasteiger partial charge is 0.457 e. The Morgan fingerprint density at radius 2 is 1.76 bits per heavy atom. The van der Waals surface area contributed by atoms with Crippen molar-refractivity contribution >= 4 is 33.1 Å². The van der Waals surface area contributed by atoms with Gasteiger partial charge in [-0.25, -0.2) is 0 Å². The van der Waals surface area contributed by atoms with Gasteiger partial charge in [-0.05, 0) is 36.4 Å². The fourth-order valence-corrected chi connectivity index (χ4v) is 2.25. The SMILES string of the molecule is NC(=S)c1cc(Oc2cccc(Br)c2)ccc1C(F)(F)F. The molecule has 0 amide bonds. The third-order valence-electron chi connectivity index (χ3n) is 2.59. The molecule has 0 saturated carbocycles. The lowest BCUT2D eigenvalue weighted by atomic mass is 10.1. The third kappa shape index (κ3) is 3.95. The monoisotopic (exact) mass is 375 g/mol. The van der Waals surface area contributed by atoms with E-state index in [0.29, 0.717) is 5.75 Å². The molecule has 21 heavy (non-hydrogen) atoms. The van der Waals surface area contributed by atoms with E-state index in [-0.39, 0.29) is 16.3 Å². The highest BCUT2D eigenvalue weighted by Gasteiger charge is 2.34. The van der Waals surface area contributed by atoms with Crippen LogP contribution in [0.2, 0.25) is 0 Å². The van der Waals surface area contributed by atoms with E-state index in [1.54, 1.807) is 24.3 Å². The Kier molecular flexibility index (Phi) is 4.53. The summed E-state index contributed by atoms with van der Waals surface area (Å²) in [7, 11) is 0. The van der Waals surface area contributed by atoms with E-state index in [9.17, 15) is 13.2 Å². The number of nitrogens with two attached hydrogens (primary N) is 1. The standard InChI is InChI=1S/C14H9BrF3NOS/c15-8-2-1-3-9(6-8)20-10-4-5-12(14(16,17)18)11(7-10)13(19)21/h1-7H,(H2,19,21). The summed E-state index contributed by atoms with van der Waals surface area (Å²) in [5.74, 6) is 0.710. The Morgan fingerprint density at radius 3 is 2.33 bits per heavy atom. The van der Waals surface area contributed by atoms with Crippen molar-refractivity contribution in [3.8, 4) is 11.5 Å². The molecule has 0 spiro atoms. The summed E-state index contributed by atoms with van der Waals surface area (Å²) in [5.41, 5.74) is 4.23. The molecule has 2 aromatic rings. The minimum atomic E-state index is -4.52. The third-order valence-corrected chi connectivity index (χ3v) is 3.31. The number of thiocarbonyl (C=S) groups is 1. The number of benzene rings is 2. The van der Waals surface area contributed by atoms with Gasteiger partial charge in [0.25, 0.3) is 0 Å². The van der Waals surface area contributed by atoms with Crippen LogP contribution in [0, 0.1) is 0 Å². The summed E-state index contributed by atoms with van der Waals surface area (Å²) < 4.78 is 44.9. The van der Waals surface area contributed by atoms with Crippen molar-refractivity contribution < 1.29 is 17.9 Å². The van der Waals surface area contributed by atoms with Crippen LogP contribution >= 0.6 is 28.1 Å². The predicted molar refractivity (Wildman–Crippen MR) is 81.5 cm³/mol. The molecule has 0 atom stereocenters. The van der Waals surface area contributed by atoms with Gasteiger partial charge in [-0.15, -0.1) is 0 Å². The lowest BCUT2D eigenvalue weighted by Crippen LogP contribution is -2.17. The molecule has 0 radical (unpaired) electrons. The van der Waals surface area contributed by atoms with Crippen LogP contribution in [0.25, 0.3) is 0 Å². The molecule has 2 aromatic carbocycles. The number of rotatable bonds is 3. The zero-order valence-electron chi connectivity index (χ0n) is 10.4. The molecule has 110 valence electrons. The van der Waals surface area contributed by atoms with Crippen LogP contribution in [0.15, 0.2) is 46.9 Å². The Balaban J connectivity index is 2.39. The first-order valence-corrected chi connectivity index (χ1v) is 6.92. The van der Waals surface area contributed by atoms with Crippen LogP contribution in [-0.4, -0.2) is 4.99 Å². The van der Waals surface area contributed by atoms with Crippen LogP contribution in [-0.2, 0) is 6.18 Å². The zero-order chi connectivity index (χ0) is 15.6. The number of hydrogen-bond acceptors (Lipinski definition) is 2. The van der Waals surface area contributed by atoms with Crippen LogP contribution in [0.4, 0.5) is 13.2 Å². The fraction of sp³-hybridized carbons (Fsp3) is 0.0714. The van der Waals surface area contributed by atoms with Crippen LogP contribution in [0.5, 0.6) is 11.5 Å². The van der Waals surface area contributed by atoms with Crippen LogP contribution in [0.3, 0.4) is 0 Å². The predicted octanol–water partition coefficient (Wildman–Crippen LogP) is 4.89. The second kappa shape index (κ2) is 6.03. The summed E-state index contributed by atoms with van der Waals surface area (Å²) in [6, 6.07) is 10.2. The van der Waals surface area contributed by atoms with Crippen molar-refractivity contribution in [2.45, 2.75) is 6.18 Å². The molecule has 7 heteroatoms. The smallest absolute Gasteiger partial charge is 0.417 e.